The summed E-state index contributed by atoms with van der Waals surface area (Å²) in [5.74, 6) is 0. The van der Waals surface area contributed by atoms with Gasteiger partial charge in [0, 0.05) is 12.6 Å². The maximum absolute atomic E-state index is 6.01. The largest absolute Gasteiger partial charge is 0.371 e. The Balaban J connectivity index is 2.19. The molecule has 0 saturated carbocycles. The minimum absolute atomic E-state index is 0.0150. The molecule has 2 rings (SSSR count). The number of nitrogens with two attached hydrogens (primary N) is 1. The lowest BCUT2D eigenvalue weighted by atomic mass is 10.0. The highest BCUT2D eigenvalue weighted by Crippen LogP contribution is 2.35. The molecule has 1 aliphatic rings. The van der Waals surface area contributed by atoms with Gasteiger partial charge in [-0.05, 0) is 24.3 Å². The zero-order chi connectivity index (χ0) is 9.26. The highest BCUT2D eigenvalue weighted by molar-refractivity contribution is 7.10. The minimum Gasteiger partial charge on any atom is -0.371 e. The summed E-state index contributed by atoms with van der Waals surface area (Å²) >= 11 is 7.64. The molecule has 1 fully saturated rings. The molecule has 0 spiro atoms. The summed E-state index contributed by atoms with van der Waals surface area (Å²) < 4.78 is 5.62. The van der Waals surface area contributed by atoms with Crippen LogP contribution in [0.25, 0.3) is 0 Å². The van der Waals surface area contributed by atoms with Crippen LogP contribution in [0, 0.1) is 0 Å². The predicted octanol–water partition coefficient (Wildman–Crippen LogP) is 2.58. The third kappa shape index (κ3) is 1.89. The van der Waals surface area contributed by atoms with E-state index < -0.39 is 0 Å². The van der Waals surface area contributed by atoms with Crippen LogP contribution >= 0.6 is 22.9 Å². The van der Waals surface area contributed by atoms with Gasteiger partial charge < -0.3 is 10.5 Å². The van der Waals surface area contributed by atoms with E-state index in [-0.39, 0.29) is 12.1 Å². The average molecular weight is 218 g/mol. The average Bonchev–Trinajstić information content (AvgIpc) is 2.52. The zero-order valence-corrected chi connectivity index (χ0v) is 8.77. The van der Waals surface area contributed by atoms with Gasteiger partial charge in [0.15, 0.2) is 0 Å². The van der Waals surface area contributed by atoms with Crippen molar-refractivity contribution >= 4 is 22.9 Å². The molecule has 1 aromatic heterocycles. The molecule has 0 aromatic carbocycles. The van der Waals surface area contributed by atoms with E-state index in [4.69, 9.17) is 22.1 Å². The SMILES string of the molecule is NC1CCCOC1c1sccc1Cl. The summed E-state index contributed by atoms with van der Waals surface area (Å²) in [6, 6.07) is 2.00. The standard InChI is InChI=1S/C9H12ClNOS/c10-6-3-5-13-9(6)8-7(11)2-1-4-12-8/h3,5,7-8H,1-2,4,11H2. The van der Waals surface area contributed by atoms with Crippen LogP contribution in [0.1, 0.15) is 23.8 Å². The Hall–Kier alpha value is -0.0900. The normalized spacial score (nSPS) is 29.1. The van der Waals surface area contributed by atoms with Gasteiger partial charge in [0.25, 0.3) is 0 Å². The Labute approximate surface area is 86.6 Å². The van der Waals surface area contributed by atoms with Gasteiger partial charge in [-0.25, -0.2) is 0 Å². The van der Waals surface area contributed by atoms with Crippen LogP contribution in [0.2, 0.25) is 5.02 Å². The molecular formula is C9H12ClNOS. The fourth-order valence-electron chi connectivity index (χ4n) is 1.58. The number of hydrogen-bond acceptors (Lipinski definition) is 3. The second-order valence-corrected chi connectivity index (χ2v) is 4.59. The molecule has 2 atom stereocenters. The van der Waals surface area contributed by atoms with Crippen molar-refractivity contribution in [3.63, 3.8) is 0 Å². The van der Waals surface area contributed by atoms with Crippen molar-refractivity contribution in [2.75, 3.05) is 6.61 Å². The lowest BCUT2D eigenvalue weighted by molar-refractivity contribution is 0.00241. The first-order chi connectivity index (χ1) is 6.29. The van der Waals surface area contributed by atoms with E-state index in [1.165, 1.54) is 0 Å². The Morgan fingerprint density at radius 1 is 1.62 bits per heavy atom. The first-order valence-corrected chi connectivity index (χ1v) is 5.65. The van der Waals surface area contributed by atoms with Crippen LogP contribution in [0.3, 0.4) is 0 Å². The maximum Gasteiger partial charge on any atom is 0.108 e. The van der Waals surface area contributed by atoms with Gasteiger partial charge in [0.1, 0.15) is 6.10 Å². The number of halogens is 1. The molecule has 72 valence electrons. The van der Waals surface area contributed by atoms with Crippen molar-refractivity contribution in [2.24, 2.45) is 5.73 Å². The van der Waals surface area contributed by atoms with Gasteiger partial charge in [0.05, 0.1) is 9.90 Å². The van der Waals surface area contributed by atoms with Gasteiger partial charge in [-0.1, -0.05) is 11.6 Å². The summed E-state index contributed by atoms with van der Waals surface area (Å²) in [6.07, 6.45) is 2.10. The van der Waals surface area contributed by atoms with E-state index >= 15 is 0 Å². The van der Waals surface area contributed by atoms with Gasteiger partial charge in [-0.2, -0.15) is 0 Å². The third-order valence-electron chi connectivity index (χ3n) is 2.27. The molecular weight excluding hydrogens is 206 g/mol. The van der Waals surface area contributed by atoms with Gasteiger partial charge in [0.2, 0.25) is 0 Å². The summed E-state index contributed by atoms with van der Waals surface area (Å²) in [7, 11) is 0. The molecule has 0 bridgehead atoms. The predicted molar refractivity (Wildman–Crippen MR) is 55.2 cm³/mol. The fraction of sp³-hybridized carbons (Fsp3) is 0.556. The van der Waals surface area contributed by atoms with E-state index in [0.717, 1.165) is 29.3 Å². The Morgan fingerprint density at radius 3 is 3.08 bits per heavy atom. The van der Waals surface area contributed by atoms with E-state index in [1.807, 2.05) is 11.4 Å². The van der Waals surface area contributed by atoms with Crippen molar-refractivity contribution in [2.45, 2.75) is 25.0 Å². The third-order valence-corrected chi connectivity index (χ3v) is 3.69. The quantitative estimate of drug-likeness (QED) is 0.785. The van der Waals surface area contributed by atoms with E-state index in [1.54, 1.807) is 11.3 Å². The Bertz CT molecular complexity index is 289. The highest BCUT2D eigenvalue weighted by Gasteiger charge is 2.26. The molecule has 2 heterocycles. The second-order valence-electron chi connectivity index (χ2n) is 3.23. The summed E-state index contributed by atoms with van der Waals surface area (Å²) in [5.41, 5.74) is 5.96. The maximum atomic E-state index is 6.01. The van der Waals surface area contributed by atoms with Crippen molar-refractivity contribution in [1.82, 2.24) is 0 Å². The first-order valence-electron chi connectivity index (χ1n) is 4.39. The monoisotopic (exact) mass is 217 g/mol. The number of hydrogen-bond donors (Lipinski definition) is 1. The van der Waals surface area contributed by atoms with Crippen molar-refractivity contribution < 1.29 is 4.74 Å². The summed E-state index contributed by atoms with van der Waals surface area (Å²) in [4.78, 5) is 1.08. The highest BCUT2D eigenvalue weighted by atomic mass is 35.5. The molecule has 1 saturated heterocycles. The van der Waals surface area contributed by atoms with Crippen LogP contribution in [0.5, 0.6) is 0 Å². The number of thiophene rings is 1. The van der Waals surface area contributed by atoms with Crippen LogP contribution in [0.15, 0.2) is 11.4 Å². The second kappa shape index (κ2) is 3.96. The van der Waals surface area contributed by atoms with E-state index in [0.29, 0.717) is 0 Å². The molecule has 0 amide bonds. The van der Waals surface area contributed by atoms with Crippen LogP contribution in [0.4, 0.5) is 0 Å². The number of rotatable bonds is 1. The van der Waals surface area contributed by atoms with Crippen molar-refractivity contribution in [1.29, 1.82) is 0 Å². The summed E-state index contributed by atoms with van der Waals surface area (Å²) in [5, 5.41) is 2.76. The topological polar surface area (TPSA) is 35.2 Å². The smallest absolute Gasteiger partial charge is 0.108 e. The van der Waals surface area contributed by atoms with Crippen LogP contribution < -0.4 is 5.73 Å². The van der Waals surface area contributed by atoms with E-state index in [9.17, 15) is 0 Å². The van der Waals surface area contributed by atoms with Gasteiger partial charge in [-0.15, -0.1) is 11.3 Å². The van der Waals surface area contributed by atoms with Gasteiger partial charge in [-0.3, -0.25) is 0 Å². The lowest BCUT2D eigenvalue weighted by Crippen LogP contribution is -2.34. The van der Waals surface area contributed by atoms with Crippen LogP contribution in [-0.4, -0.2) is 12.6 Å². The van der Waals surface area contributed by atoms with E-state index in [2.05, 4.69) is 0 Å². The van der Waals surface area contributed by atoms with Crippen molar-refractivity contribution in [3.8, 4) is 0 Å². The first kappa shape index (κ1) is 9.46. The number of ether oxygens (including phenoxy) is 1. The van der Waals surface area contributed by atoms with Crippen LogP contribution in [-0.2, 0) is 4.74 Å². The van der Waals surface area contributed by atoms with Crippen molar-refractivity contribution in [3.05, 3.63) is 21.3 Å². The molecule has 2 nitrogen and oxygen atoms in total. The Morgan fingerprint density at radius 2 is 2.46 bits per heavy atom. The van der Waals surface area contributed by atoms with Gasteiger partial charge >= 0.3 is 0 Å². The minimum atomic E-state index is 0.0150. The Kier molecular flexibility index (Phi) is 2.89. The fourth-order valence-corrected chi connectivity index (χ4v) is 2.87. The molecule has 1 aliphatic heterocycles. The molecule has 13 heavy (non-hydrogen) atoms. The molecule has 0 radical (unpaired) electrons. The molecule has 0 aliphatic carbocycles. The molecule has 4 heteroatoms. The summed E-state index contributed by atoms with van der Waals surface area (Å²) in [6.45, 7) is 0.798. The molecule has 2 N–H and O–H groups in total. The molecule has 1 aromatic rings. The zero-order valence-electron chi connectivity index (χ0n) is 7.20. The lowest BCUT2D eigenvalue weighted by Gasteiger charge is -2.28. The molecule has 2 unspecified atom stereocenters.